The normalized spacial score (nSPS) is 14.2. The standard InChI is InChI=1S/C44H42N6O2/c1-47-39-11-7-5-9-35(39)37-25-31(45-41(43(37)47)29-13-17-33(51-3)18-14-29)27-49-21-23-50(24-22-49)28-32-26-38-36-10-6-8-12-40(36)48(2)44(38)42(46-32)30-15-19-34(52-4)20-16-30/h5-20,25-26H,21-24,27-28H2,1-4H3. The van der Waals surface area contributed by atoms with Crippen molar-refractivity contribution in [2.45, 2.75) is 13.1 Å². The van der Waals surface area contributed by atoms with Crippen molar-refractivity contribution in [1.29, 1.82) is 0 Å². The van der Waals surface area contributed by atoms with E-state index in [1.54, 1.807) is 14.2 Å². The number of rotatable bonds is 8. The van der Waals surface area contributed by atoms with Crippen molar-refractivity contribution in [2.75, 3.05) is 40.4 Å². The summed E-state index contributed by atoms with van der Waals surface area (Å²) in [6.07, 6.45) is 0. The van der Waals surface area contributed by atoms with Crippen LogP contribution in [0.2, 0.25) is 0 Å². The van der Waals surface area contributed by atoms with E-state index in [9.17, 15) is 0 Å². The smallest absolute Gasteiger partial charge is 0.118 e. The lowest BCUT2D eigenvalue weighted by molar-refractivity contribution is 0.120. The molecule has 0 N–H and O–H groups in total. The second-order valence-electron chi connectivity index (χ2n) is 13.9. The molecule has 0 atom stereocenters. The Labute approximate surface area is 303 Å². The molecule has 1 saturated heterocycles. The van der Waals surface area contributed by atoms with Crippen LogP contribution in [0.1, 0.15) is 11.4 Å². The molecule has 4 aromatic carbocycles. The van der Waals surface area contributed by atoms with Crippen molar-refractivity contribution < 1.29 is 9.47 Å². The molecule has 0 spiro atoms. The first-order valence-corrected chi connectivity index (χ1v) is 18.0. The van der Waals surface area contributed by atoms with Crippen LogP contribution >= 0.6 is 0 Å². The second-order valence-corrected chi connectivity index (χ2v) is 13.9. The van der Waals surface area contributed by atoms with Gasteiger partial charge >= 0.3 is 0 Å². The van der Waals surface area contributed by atoms with E-state index >= 15 is 0 Å². The van der Waals surface area contributed by atoms with Crippen LogP contribution < -0.4 is 9.47 Å². The van der Waals surface area contributed by atoms with Gasteiger partial charge in [-0.05, 0) is 72.8 Å². The maximum absolute atomic E-state index is 5.46. The first kappa shape index (κ1) is 32.2. The zero-order valence-electron chi connectivity index (χ0n) is 30.1. The number of hydrogen-bond acceptors (Lipinski definition) is 6. The lowest BCUT2D eigenvalue weighted by Gasteiger charge is -2.34. The van der Waals surface area contributed by atoms with Crippen LogP contribution in [0.15, 0.2) is 109 Å². The molecule has 0 bridgehead atoms. The molecule has 5 heterocycles. The topological polar surface area (TPSA) is 60.6 Å². The summed E-state index contributed by atoms with van der Waals surface area (Å²) in [5, 5.41) is 5.01. The molecule has 0 radical (unpaired) electrons. The van der Waals surface area contributed by atoms with Crippen LogP contribution in [0.25, 0.3) is 66.1 Å². The Hall–Kier alpha value is -5.70. The summed E-state index contributed by atoms with van der Waals surface area (Å²) >= 11 is 0. The Bertz CT molecular complexity index is 2400. The number of hydrogen-bond donors (Lipinski definition) is 0. The Balaban J connectivity index is 0.992. The monoisotopic (exact) mass is 686 g/mol. The Morgan fingerprint density at radius 1 is 0.500 bits per heavy atom. The van der Waals surface area contributed by atoms with Gasteiger partial charge in [0, 0.05) is 97.1 Å². The molecule has 8 nitrogen and oxygen atoms in total. The predicted octanol–water partition coefficient (Wildman–Crippen LogP) is 8.44. The van der Waals surface area contributed by atoms with E-state index in [1.165, 1.54) is 32.6 Å². The molecule has 0 saturated carbocycles. The lowest BCUT2D eigenvalue weighted by atomic mass is 10.1. The van der Waals surface area contributed by atoms with E-state index in [1.807, 2.05) is 24.3 Å². The molecule has 8 aromatic rings. The SMILES string of the molecule is COc1ccc(-c2nc(CN3CCN(Cc4cc5c6ccccc6n(C)c5c(-c5ccc(OC)cc5)n4)CC3)cc3c4ccccc4n(C)c23)cc1. The number of para-hydroxylation sites is 2. The molecule has 1 aliphatic heterocycles. The minimum absolute atomic E-state index is 0.804. The molecule has 260 valence electrons. The van der Waals surface area contributed by atoms with Crippen molar-refractivity contribution in [1.82, 2.24) is 28.9 Å². The fraction of sp³-hybridized carbons (Fsp3) is 0.227. The van der Waals surface area contributed by atoms with Gasteiger partial charge in [0.15, 0.2) is 0 Å². The van der Waals surface area contributed by atoms with Crippen molar-refractivity contribution in [3.05, 3.63) is 121 Å². The summed E-state index contributed by atoms with van der Waals surface area (Å²) in [7, 11) is 7.70. The number of ether oxygens (including phenoxy) is 2. The number of aryl methyl sites for hydroxylation is 2. The van der Waals surface area contributed by atoms with Gasteiger partial charge in [0.2, 0.25) is 0 Å². The minimum atomic E-state index is 0.804. The van der Waals surface area contributed by atoms with Crippen molar-refractivity contribution in [3.8, 4) is 34.0 Å². The number of fused-ring (bicyclic) bond motifs is 6. The maximum atomic E-state index is 5.46. The Morgan fingerprint density at radius 2 is 0.885 bits per heavy atom. The molecule has 1 aliphatic rings. The number of nitrogens with zero attached hydrogens (tertiary/aromatic N) is 6. The largest absolute Gasteiger partial charge is 0.497 e. The van der Waals surface area contributed by atoms with Gasteiger partial charge in [-0.25, -0.2) is 9.97 Å². The number of benzene rings is 4. The van der Waals surface area contributed by atoms with E-state index < -0.39 is 0 Å². The fourth-order valence-electron chi connectivity index (χ4n) is 8.13. The lowest BCUT2D eigenvalue weighted by Crippen LogP contribution is -2.45. The van der Waals surface area contributed by atoms with Gasteiger partial charge in [-0.3, -0.25) is 9.80 Å². The number of piperazine rings is 1. The third kappa shape index (κ3) is 5.55. The highest BCUT2D eigenvalue weighted by molar-refractivity contribution is 6.13. The minimum Gasteiger partial charge on any atom is -0.497 e. The van der Waals surface area contributed by atoms with Crippen molar-refractivity contribution in [3.63, 3.8) is 0 Å². The van der Waals surface area contributed by atoms with Crippen LogP contribution in [0.3, 0.4) is 0 Å². The zero-order chi connectivity index (χ0) is 35.3. The van der Waals surface area contributed by atoms with Crippen LogP contribution in [0.5, 0.6) is 11.5 Å². The van der Waals surface area contributed by atoms with Crippen molar-refractivity contribution in [2.24, 2.45) is 14.1 Å². The quantitative estimate of drug-likeness (QED) is 0.160. The van der Waals surface area contributed by atoms with Crippen molar-refractivity contribution >= 4 is 43.6 Å². The first-order valence-electron chi connectivity index (χ1n) is 18.0. The van der Waals surface area contributed by atoms with E-state index in [2.05, 4.69) is 118 Å². The van der Waals surface area contributed by atoms with Gasteiger partial charge in [0.05, 0.1) is 48.0 Å². The molecular weight excluding hydrogens is 645 g/mol. The maximum Gasteiger partial charge on any atom is 0.118 e. The number of methoxy groups -OCH3 is 2. The van der Waals surface area contributed by atoms with Gasteiger partial charge in [-0.2, -0.15) is 0 Å². The highest BCUT2D eigenvalue weighted by Crippen LogP contribution is 2.37. The van der Waals surface area contributed by atoms with E-state index in [-0.39, 0.29) is 0 Å². The van der Waals surface area contributed by atoms with Gasteiger partial charge in [-0.15, -0.1) is 0 Å². The van der Waals surface area contributed by atoms with Gasteiger partial charge < -0.3 is 18.6 Å². The third-order valence-corrected chi connectivity index (χ3v) is 10.8. The van der Waals surface area contributed by atoms with Crippen LogP contribution in [0.4, 0.5) is 0 Å². The average molecular weight is 687 g/mol. The molecular formula is C44H42N6O2. The van der Waals surface area contributed by atoms with Gasteiger partial charge in [-0.1, -0.05) is 36.4 Å². The van der Waals surface area contributed by atoms with Crippen LogP contribution in [-0.4, -0.2) is 69.3 Å². The molecule has 0 amide bonds. The Morgan fingerprint density at radius 3 is 1.27 bits per heavy atom. The van der Waals surface area contributed by atoms with E-state index in [4.69, 9.17) is 19.4 Å². The summed E-state index contributed by atoms with van der Waals surface area (Å²) < 4.78 is 15.5. The summed E-state index contributed by atoms with van der Waals surface area (Å²) in [6, 6.07) is 38.5. The summed E-state index contributed by atoms with van der Waals surface area (Å²) in [6.45, 7) is 5.48. The highest BCUT2D eigenvalue weighted by Gasteiger charge is 2.23. The molecule has 8 heteroatoms. The number of pyridine rings is 2. The molecule has 0 unspecified atom stereocenters. The third-order valence-electron chi connectivity index (χ3n) is 10.8. The van der Waals surface area contributed by atoms with E-state index in [0.29, 0.717) is 0 Å². The van der Waals surface area contributed by atoms with Crippen LogP contribution in [-0.2, 0) is 27.2 Å². The molecule has 1 fully saturated rings. The van der Waals surface area contributed by atoms with Crippen LogP contribution in [0, 0.1) is 0 Å². The Kier molecular flexibility index (Phi) is 8.13. The zero-order valence-corrected chi connectivity index (χ0v) is 30.1. The fourth-order valence-corrected chi connectivity index (χ4v) is 8.13. The molecule has 0 aliphatic carbocycles. The summed E-state index contributed by atoms with van der Waals surface area (Å²) in [5.74, 6) is 1.69. The molecule has 9 rings (SSSR count). The first-order chi connectivity index (χ1) is 25.5. The highest BCUT2D eigenvalue weighted by atomic mass is 16.5. The van der Waals surface area contributed by atoms with Gasteiger partial charge in [0.1, 0.15) is 11.5 Å². The molecule has 52 heavy (non-hydrogen) atoms. The summed E-state index contributed by atoms with van der Waals surface area (Å²) in [4.78, 5) is 15.7. The number of aromatic nitrogens is 4. The van der Waals surface area contributed by atoms with Gasteiger partial charge in [0.25, 0.3) is 0 Å². The summed E-state index contributed by atoms with van der Waals surface area (Å²) in [5.41, 5.74) is 11.1. The second kappa shape index (κ2) is 13.1. The predicted molar refractivity (Wildman–Crippen MR) is 211 cm³/mol. The average Bonchev–Trinajstić information content (AvgIpc) is 3.65. The molecule has 4 aromatic heterocycles. The van der Waals surface area contributed by atoms with E-state index in [0.717, 1.165) is 95.7 Å².